The molecule has 0 unspecified atom stereocenters. The van der Waals surface area contributed by atoms with Crippen LogP contribution in [0.2, 0.25) is 0 Å². The van der Waals surface area contributed by atoms with Crippen molar-refractivity contribution in [3.05, 3.63) is 144 Å². The summed E-state index contributed by atoms with van der Waals surface area (Å²) in [5, 5.41) is 8.97. The summed E-state index contributed by atoms with van der Waals surface area (Å²) in [5.41, 5.74) is 14.0. The van der Waals surface area contributed by atoms with Crippen molar-refractivity contribution in [1.29, 1.82) is 0 Å². The third kappa shape index (κ3) is 6.54. The highest BCUT2D eigenvalue weighted by atomic mass is 16.4. The lowest BCUT2D eigenvalue weighted by Crippen LogP contribution is -2.15. The van der Waals surface area contributed by atoms with Gasteiger partial charge in [-0.15, -0.1) is 0 Å². The second kappa shape index (κ2) is 13.0. The normalized spacial score (nSPS) is 13.6. The average molecular weight is 501 g/mol. The average Bonchev–Trinajstić information content (AvgIpc) is 2.93. The van der Waals surface area contributed by atoms with E-state index in [1.54, 1.807) is 6.08 Å². The molecule has 1 fully saturated rings. The van der Waals surface area contributed by atoms with E-state index < -0.39 is 5.97 Å². The Balaban J connectivity index is 0.00000107. The maximum atomic E-state index is 10.9. The van der Waals surface area contributed by atoms with Crippen molar-refractivity contribution in [1.82, 2.24) is 4.98 Å². The zero-order chi connectivity index (χ0) is 26.7. The van der Waals surface area contributed by atoms with Gasteiger partial charge < -0.3 is 10.8 Å². The first-order chi connectivity index (χ1) is 18.6. The molecule has 4 heteroatoms. The smallest absolute Gasteiger partial charge is 0.328 e. The third-order valence-corrected chi connectivity index (χ3v) is 6.67. The van der Waals surface area contributed by atoms with Gasteiger partial charge in [0.1, 0.15) is 0 Å². The molecule has 0 amide bonds. The number of benzene rings is 3. The zero-order valence-electron chi connectivity index (χ0n) is 21.3. The molecule has 0 spiro atoms. The summed E-state index contributed by atoms with van der Waals surface area (Å²) in [6, 6.07) is 31.7. The minimum absolute atomic E-state index is 0.527. The SMILES string of the molecule is C=CN.O=C(O)/C=C/c1ccc(/C(=C(\c2ccccc2)C2CCC2)c2ccc(-c3ccncc3)cc2)cc1. The second-order valence-electron chi connectivity index (χ2n) is 9.13. The summed E-state index contributed by atoms with van der Waals surface area (Å²) in [6.45, 7) is 3.14. The summed E-state index contributed by atoms with van der Waals surface area (Å²) in [5.74, 6) is -0.417. The van der Waals surface area contributed by atoms with Crippen LogP contribution in [-0.2, 0) is 4.79 Å². The summed E-state index contributed by atoms with van der Waals surface area (Å²) in [6.07, 6.45) is 11.3. The maximum Gasteiger partial charge on any atom is 0.328 e. The molecule has 5 rings (SSSR count). The molecule has 0 aliphatic heterocycles. The lowest BCUT2D eigenvalue weighted by molar-refractivity contribution is -0.131. The molecule has 0 saturated heterocycles. The van der Waals surface area contributed by atoms with Crippen LogP contribution >= 0.6 is 0 Å². The number of aromatic nitrogens is 1. The summed E-state index contributed by atoms with van der Waals surface area (Å²) < 4.78 is 0. The fourth-order valence-corrected chi connectivity index (χ4v) is 4.68. The Morgan fingerprint density at radius 3 is 1.89 bits per heavy atom. The van der Waals surface area contributed by atoms with E-state index in [1.807, 2.05) is 36.7 Å². The molecule has 38 heavy (non-hydrogen) atoms. The van der Waals surface area contributed by atoms with Crippen LogP contribution in [0.5, 0.6) is 0 Å². The first-order valence-electron chi connectivity index (χ1n) is 12.7. The number of carboxylic acids is 1. The molecule has 0 atom stereocenters. The standard InChI is InChI=1S/C32H27NO2.C2H5N/c34-30(35)18-11-23-9-12-28(13-10-23)32(31(27-7-4-8-27)26-5-2-1-3-6-26)29-16-14-24(15-17-29)25-19-21-33-22-20-25;1-2-3/h1-3,5-6,9-22,27H,4,7-8H2,(H,34,35);2H,1,3H2/b18-11+,32-31-;. The van der Waals surface area contributed by atoms with Crippen LogP contribution in [0.25, 0.3) is 28.3 Å². The highest BCUT2D eigenvalue weighted by molar-refractivity contribution is 6.00. The number of nitrogens with zero attached hydrogens (tertiary/aromatic N) is 1. The first-order valence-corrected chi connectivity index (χ1v) is 12.7. The van der Waals surface area contributed by atoms with Crippen molar-refractivity contribution in [2.45, 2.75) is 19.3 Å². The van der Waals surface area contributed by atoms with E-state index in [0.717, 1.165) is 22.3 Å². The predicted octanol–water partition coefficient (Wildman–Crippen LogP) is 7.69. The summed E-state index contributed by atoms with van der Waals surface area (Å²) in [4.78, 5) is 15.1. The van der Waals surface area contributed by atoms with Crippen LogP contribution < -0.4 is 5.73 Å². The first kappa shape index (κ1) is 26.4. The Morgan fingerprint density at radius 1 is 0.816 bits per heavy atom. The molecule has 0 radical (unpaired) electrons. The van der Waals surface area contributed by atoms with Gasteiger partial charge in [0.15, 0.2) is 0 Å². The molecule has 1 heterocycles. The highest BCUT2D eigenvalue weighted by Gasteiger charge is 2.27. The highest BCUT2D eigenvalue weighted by Crippen LogP contribution is 2.45. The van der Waals surface area contributed by atoms with Gasteiger partial charge in [0, 0.05) is 18.5 Å². The number of pyridine rings is 1. The third-order valence-electron chi connectivity index (χ3n) is 6.67. The van der Waals surface area contributed by atoms with Crippen molar-refractivity contribution in [2.75, 3.05) is 0 Å². The number of nitrogens with two attached hydrogens (primary N) is 1. The quantitative estimate of drug-likeness (QED) is 0.201. The topological polar surface area (TPSA) is 76.2 Å². The Bertz CT molecular complexity index is 1400. The van der Waals surface area contributed by atoms with Crippen LogP contribution in [0.15, 0.2) is 122 Å². The van der Waals surface area contributed by atoms with Gasteiger partial charge in [-0.1, -0.05) is 91.9 Å². The minimum atomic E-state index is -0.944. The van der Waals surface area contributed by atoms with Gasteiger partial charge in [0.05, 0.1) is 0 Å². The molecule has 1 aromatic heterocycles. The monoisotopic (exact) mass is 500 g/mol. The molecule has 1 aliphatic rings. The molecule has 0 bridgehead atoms. The molecule has 1 aliphatic carbocycles. The van der Waals surface area contributed by atoms with Crippen LogP contribution in [-0.4, -0.2) is 16.1 Å². The number of hydrogen-bond acceptors (Lipinski definition) is 3. The van der Waals surface area contributed by atoms with Crippen molar-refractivity contribution < 1.29 is 9.90 Å². The number of carboxylic acid groups (broad SMARTS) is 1. The van der Waals surface area contributed by atoms with E-state index in [2.05, 4.69) is 84.0 Å². The van der Waals surface area contributed by atoms with E-state index in [0.29, 0.717) is 5.92 Å². The number of carbonyl (C=O) groups is 1. The lowest BCUT2D eigenvalue weighted by atomic mass is 9.73. The van der Waals surface area contributed by atoms with Crippen molar-refractivity contribution in [3.8, 4) is 11.1 Å². The summed E-state index contributed by atoms with van der Waals surface area (Å²) >= 11 is 0. The van der Waals surface area contributed by atoms with Gasteiger partial charge >= 0.3 is 5.97 Å². The molecular formula is C34H32N2O2. The van der Waals surface area contributed by atoms with Gasteiger partial charge in [0.2, 0.25) is 0 Å². The van der Waals surface area contributed by atoms with Gasteiger partial charge in [-0.3, -0.25) is 4.98 Å². The van der Waals surface area contributed by atoms with Gasteiger partial charge in [-0.25, -0.2) is 4.79 Å². The van der Waals surface area contributed by atoms with Gasteiger partial charge in [-0.05, 0) is 87.7 Å². The second-order valence-corrected chi connectivity index (χ2v) is 9.13. The molecule has 3 N–H and O–H groups in total. The van der Waals surface area contributed by atoms with E-state index >= 15 is 0 Å². The Morgan fingerprint density at radius 2 is 1.37 bits per heavy atom. The fraction of sp³-hybridized carbons (Fsp3) is 0.118. The summed E-state index contributed by atoms with van der Waals surface area (Å²) in [7, 11) is 0. The number of allylic oxidation sites excluding steroid dienone is 1. The molecule has 190 valence electrons. The lowest BCUT2D eigenvalue weighted by Gasteiger charge is -2.31. The minimum Gasteiger partial charge on any atom is -0.478 e. The van der Waals surface area contributed by atoms with Crippen molar-refractivity contribution in [2.24, 2.45) is 11.7 Å². The molecule has 4 nitrogen and oxygen atoms in total. The van der Waals surface area contributed by atoms with Crippen LogP contribution in [0.3, 0.4) is 0 Å². The molecule has 4 aromatic rings. The number of rotatable bonds is 7. The Labute approximate surface area is 224 Å². The Hall–Kier alpha value is -4.70. The van der Waals surface area contributed by atoms with Crippen LogP contribution in [0.4, 0.5) is 0 Å². The Kier molecular flexibility index (Phi) is 9.03. The number of aliphatic carboxylic acids is 1. The van der Waals surface area contributed by atoms with Crippen LogP contribution in [0.1, 0.15) is 41.5 Å². The van der Waals surface area contributed by atoms with E-state index in [-0.39, 0.29) is 0 Å². The van der Waals surface area contributed by atoms with Gasteiger partial charge in [-0.2, -0.15) is 0 Å². The molecule has 1 saturated carbocycles. The molecular weight excluding hydrogens is 468 g/mol. The number of hydrogen-bond donors (Lipinski definition) is 2. The van der Waals surface area contributed by atoms with Crippen LogP contribution in [0, 0.1) is 5.92 Å². The molecule has 3 aromatic carbocycles. The van der Waals surface area contributed by atoms with Crippen molar-refractivity contribution in [3.63, 3.8) is 0 Å². The van der Waals surface area contributed by atoms with E-state index in [9.17, 15) is 4.79 Å². The fourth-order valence-electron chi connectivity index (χ4n) is 4.68. The van der Waals surface area contributed by atoms with E-state index in [4.69, 9.17) is 5.11 Å². The van der Waals surface area contributed by atoms with Gasteiger partial charge in [0.25, 0.3) is 0 Å². The van der Waals surface area contributed by atoms with Crippen molar-refractivity contribution >= 4 is 23.2 Å². The zero-order valence-corrected chi connectivity index (χ0v) is 21.3. The van der Waals surface area contributed by atoms with E-state index in [1.165, 1.54) is 53.8 Å². The predicted molar refractivity (Wildman–Crippen MR) is 157 cm³/mol. The largest absolute Gasteiger partial charge is 0.478 e. The maximum absolute atomic E-state index is 10.9.